The molecule has 1 unspecified atom stereocenters. The Balaban J connectivity index is 1.39. The van der Waals surface area contributed by atoms with Crippen molar-refractivity contribution in [1.82, 2.24) is 21.1 Å². The van der Waals surface area contributed by atoms with E-state index in [0.717, 1.165) is 11.1 Å². The minimum absolute atomic E-state index is 0.0111. The molecule has 9 heteroatoms. The number of carbonyl (C=O) groups is 3. The SMILES string of the molecule is O=C(CCc1ccccc1Cl)NC(=S)NNC(=O)C1CC(=O)N(Cc2ccccc2)C1. The van der Waals surface area contributed by atoms with Gasteiger partial charge in [-0.25, -0.2) is 0 Å². The first-order valence-electron chi connectivity index (χ1n) is 9.87. The van der Waals surface area contributed by atoms with Crippen molar-refractivity contribution < 1.29 is 14.4 Å². The van der Waals surface area contributed by atoms with Crippen LogP contribution in [0.4, 0.5) is 0 Å². The van der Waals surface area contributed by atoms with E-state index in [1.165, 1.54) is 0 Å². The molecule has 1 aliphatic rings. The maximum absolute atomic E-state index is 12.4. The third-order valence-corrected chi connectivity index (χ3v) is 5.51. The van der Waals surface area contributed by atoms with Crippen LogP contribution in [0.1, 0.15) is 24.0 Å². The molecule has 2 aromatic rings. The maximum atomic E-state index is 12.4. The molecule has 7 nitrogen and oxygen atoms in total. The van der Waals surface area contributed by atoms with Gasteiger partial charge in [0.25, 0.3) is 0 Å². The largest absolute Gasteiger partial charge is 0.338 e. The average Bonchev–Trinajstić information content (AvgIpc) is 3.12. The molecule has 1 saturated heterocycles. The Labute approximate surface area is 191 Å². The number of likely N-dealkylation sites (tertiary alicyclic amines) is 1. The van der Waals surface area contributed by atoms with Gasteiger partial charge in [0.05, 0.1) is 5.92 Å². The Morgan fingerprint density at radius 2 is 1.77 bits per heavy atom. The Bertz CT molecular complexity index is 970. The monoisotopic (exact) mass is 458 g/mol. The highest BCUT2D eigenvalue weighted by atomic mass is 35.5. The van der Waals surface area contributed by atoms with Gasteiger partial charge in [0.1, 0.15) is 0 Å². The van der Waals surface area contributed by atoms with Crippen molar-refractivity contribution in [2.75, 3.05) is 6.54 Å². The lowest BCUT2D eigenvalue weighted by Crippen LogP contribution is -2.50. The summed E-state index contributed by atoms with van der Waals surface area (Å²) < 4.78 is 0. The third kappa shape index (κ3) is 6.77. The zero-order valence-electron chi connectivity index (χ0n) is 16.8. The second-order valence-electron chi connectivity index (χ2n) is 7.24. The van der Waals surface area contributed by atoms with Crippen LogP contribution in [0.25, 0.3) is 0 Å². The fourth-order valence-corrected chi connectivity index (χ4v) is 3.69. The van der Waals surface area contributed by atoms with Crippen molar-refractivity contribution >= 4 is 46.7 Å². The van der Waals surface area contributed by atoms with Crippen molar-refractivity contribution in [1.29, 1.82) is 0 Å². The van der Waals surface area contributed by atoms with E-state index in [4.69, 9.17) is 23.8 Å². The molecular weight excluding hydrogens is 436 g/mol. The molecule has 1 atom stereocenters. The average molecular weight is 459 g/mol. The molecule has 0 bridgehead atoms. The number of hydrogen-bond acceptors (Lipinski definition) is 4. The van der Waals surface area contributed by atoms with Gasteiger partial charge in [-0.3, -0.25) is 25.2 Å². The normalized spacial score (nSPS) is 15.5. The summed E-state index contributed by atoms with van der Waals surface area (Å²) in [6.07, 6.45) is 0.810. The highest BCUT2D eigenvalue weighted by molar-refractivity contribution is 7.80. The van der Waals surface area contributed by atoms with E-state index < -0.39 is 5.92 Å². The molecule has 31 heavy (non-hydrogen) atoms. The van der Waals surface area contributed by atoms with Crippen molar-refractivity contribution in [3.63, 3.8) is 0 Å². The molecular formula is C22H23ClN4O3S. The zero-order chi connectivity index (χ0) is 22.2. The standard InChI is InChI=1S/C22H23ClN4O3S/c23-18-9-5-4-8-16(18)10-11-19(28)24-22(31)26-25-21(30)17-12-20(29)27(14-17)13-15-6-2-1-3-7-15/h1-9,17H,10-14H2,(H,25,30)(H2,24,26,28,31). The van der Waals surface area contributed by atoms with Gasteiger partial charge in [-0.05, 0) is 35.8 Å². The minimum Gasteiger partial charge on any atom is -0.338 e. The summed E-state index contributed by atoms with van der Waals surface area (Å²) in [5, 5.41) is 3.11. The van der Waals surface area contributed by atoms with Gasteiger partial charge in [0, 0.05) is 31.0 Å². The second-order valence-corrected chi connectivity index (χ2v) is 8.06. The van der Waals surface area contributed by atoms with Crippen LogP contribution in [-0.2, 0) is 27.3 Å². The van der Waals surface area contributed by atoms with E-state index in [9.17, 15) is 14.4 Å². The summed E-state index contributed by atoms with van der Waals surface area (Å²) in [7, 11) is 0. The summed E-state index contributed by atoms with van der Waals surface area (Å²) in [5.74, 6) is -1.20. The maximum Gasteiger partial charge on any atom is 0.243 e. The van der Waals surface area contributed by atoms with Gasteiger partial charge in [-0.1, -0.05) is 60.1 Å². The highest BCUT2D eigenvalue weighted by Crippen LogP contribution is 2.20. The number of aryl methyl sites for hydroxylation is 1. The zero-order valence-corrected chi connectivity index (χ0v) is 18.3. The van der Waals surface area contributed by atoms with E-state index in [0.29, 0.717) is 24.5 Å². The van der Waals surface area contributed by atoms with Crippen LogP contribution in [0.5, 0.6) is 0 Å². The van der Waals surface area contributed by atoms with Crippen molar-refractivity contribution in [3.05, 3.63) is 70.7 Å². The molecule has 0 spiro atoms. The second kappa shape index (κ2) is 10.9. The summed E-state index contributed by atoms with van der Waals surface area (Å²) in [6, 6.07) is 16.9. The van der Waals surface area contributed by atoms with Crippen LogP contribution >= 0.6 is 23.8 Å². The molecule has 0 saturated carbocycles. The smallest absolute Gasteiger partial charge is 0.243 e. The Kier molecular flexibility index (Phi) is 7.97. The van der Waals surface area contributed by atoms with E-state index in [1.807, 2.05) is 48.5 Å². The minimum atomic E-state index is -0.484. The van der Waals surface area contributed by atoms with Crippen LogP contribution in [-0.4, -0.2) is 34.3 Å². The molecule has 1 fully saturated rings. The first kappa shape index (κ1) is 22.7. The van der Waals surface area contributed by atoms with Gasteiger partial charge in [0.2, 0.25) is 17.7 Å². The molecule has 1 aliphatic heterocycles. The van der Waals surface area contributed by atoms with Crippen LogP contribution in [0.2, 0.25) is 5.02 Å². The van der Waals surface area contributed by atoms with Crippen LogP contribution in [0.3, 0.4) is 0 Å². The summed E-state index contributed by atoms with van der Waals surface area (Å²) in [4.78, 5) is 38.3. The van der Waals surface area contributed by atoms with Crippen molar-refractivity contribution in [2.24, 2.45) is 5.92 Å². The number of hydrazine groups is 1. The molecule has 2 aromatic carbocycles. The molecule has 3 amide bonds. The first-order chi connectivity index (χ1) is 14.9. The lowest BCUT2D eigenvalue weighted by Gasteiger charge is -2.17. The molecule has 1 heterocycles. The predicted octanol–water partition coefficient (Wildman–Crippen LogP) is 2.34. The number of rotatable bonds is 6. The summed E-state index contributed by atoms with van der Waals surface area (Å²) >= 11 is 11.1. The molecule has 162 valence electrons. The number of carbonyl (C=O) groups excluding carboxylic acids is 3. The predicted molar refractivity (Wildman–Crippen MR) is 122 cm³/mol. The third-order valence-electron chi connectivity index (χ3n) is 4.93. The van der Waals surface area contributed by atoms with E-state index >= 15 is 0 Å². The van der Waals surface area contributed by atoms with Gasteiger partial charge in [-0.15, -0.1) is 0 Å². The number of thiocarbonyl (C=S) groups is 1. The number of nitrogens with zero attached hydrogens (tertiary/aromatic N) is 1. The van der Waals surface area contributed by atoms with Crippen LogP contribution in [0, 0.1) is 5.92 Å². The lowest BCUT2D eigenvalue weighted by atomic mass is 10.1. The number of halogens is 1. The Morgan fingerprint density at radius 3 is 2.52 bits per heavy atom. The number of amides is 3. The molecule has 3 N–H and O–H groups in total. The van der Waals surface area contributed by atoms with Gasteiger partial charge < -0.3 is 10.2 Å². The fourth-order valence-electron chi connectivity index (χ4n) is 3.29. The Morgan fingerprint density at radius 1 is 1.06 bits per heavy atom. The Hall–Kier alpha value is -2.97. The quantitative estimate of drug-likeness (QED) is 0.456. The van der Waals surface area contributed by atoms with Crippen molar-refractivity contribution in [3.8, 4) is 0 Å². The summed E-state index contributed by atoms with van der Waals surface area (Å²) in [5.41, 5.74) is 6.88. The molecule has 0 aromatic heterocycles. The first-order valence-corrected chi connectivity index (χ1v) is 10.7. The fraction of sp³-hybridized carbons (Fsp3) is 0.273. The molecule has 3 rings (SSSR count). The van der Waals surface area contributed by atoms with Crippen LogP contribution < -0.4 is 16.2 Å². The number of benzene rings is 2. The van der Waals surface area contributed by atoms with E-state index in [-0.39, 0.29) is 35.7 Å². The highest BCUT2D eigenvalue weighted by Gasteiger charge is 2.34. The van der Waals surface area contributed by atoms with Gasteiger partial charge in [-0.2, -0.15) is 0 Å². The number of hydrogen-bond donors (Lipinski definition) is 3. The lowest BCUT2D eigenvalue weighted by molar-refractivity contribution is -0.129. The molecule has 0 aliphatic carbocycles. The van der Waals surface area contributed by atoms with Gasteiger partial charge >= 0.3 is 0 Å². The number of nitrogens with one attached hydrogen (secondary N) is 3. The van der Waals surface area contributed by atoms with Crippen LogP contribution in [0.15, 0.2) is 54.6 Å². The molecule has 0 radical (unpaired) electrons. The topological polar surface area (TPSA) is 90.5 Å². The van der Waals surface area contributed by atoms with E-state index in [1.54, 1.807) is 11.0 Å². The van der Waals surface area contributed by atoms with E-state index in [2.05, 4.69) is 16.2 Å². The van der Waals surface area contributed by atoms with Gasteiger partial charge in [0.15, 0.2) is 5.11 Å². The van der Waals surface area contributed by atoms with Crippen molar-refractivity contribution in [2.45, 2.75) is 25.8 Å². The summed E-state index contributed by atoms with van der Waals surface area (Å²) in [6.45, 7) is 0.801.